The first-order chi connectivity index (χ1) is 10.7. The number of nitrogens with zero attached hydrogens (tertiary/aromatic N) is 1. The van der Waals surface area contributed by atoms with Gasteiger partial charge in [0, 0.05) is 0 Å². The highest BCUT2D eigenvalue weighted by atomic mass is 32.2. The minimum absolute atomic E-state index is 0.159. The number of nitrogens with one attached hydrogen (secondary N) is 2. The van der Waals surface area contributed by atoms with Gasteiger partial charge in [-0.1, -0.05) is 17.4 Å². The average Bonchev–Trinajstić information content (AvgIpc) is 2.77. The van der Waals surface area contributed by atoms with Gasteiger partial charge in [0.15, 0.2) is 5.13 Å². The van der Waals surface area contributed by atoms with Crippen molar-refractivity contribution in [2.75, 3.05) is 23.4 Å². The van der Waals surface area contributed by atoms with Gasteiger partial charge >= 0.3 is 0 Å². The lowest BCUT2D eigenvalue weighted by Gasteiger charge is -2.10. The summed E-state index contributed by atoms with van der Waals surface area (Å²) < 4.78 is 30.0. The van der Waals surface area contributed by atoms with Gasteiger partial charge in [-0.2, -0.15) is 0 Å². The lowest BCUT2D eigenvalue weighted by atomic mass is 10.2. The number of ether oxygens (including phenoxy) is 1. The number of sulfonamides is 1. The van der Waals surface area contributed by atoms with Crippen molar-refractivity contribution in [3.63, 3.8) is 0 Å². The number of aryl methyl sites for hydroxylation is 2. The summed E-state index contributed by atoms with van der Waals surface area (Å²) in [4.78, 5) is 16.8. The van der Waals surface area contributed by atoms with Crippen molar-refractivity contribution >= 4 is 38.1 Å². The van der Waals surface area contributed by atoms with Crippen molar-refractivity contribution in [1.29, 1.82) is 0 Å². The van der Waals surface area contributed by atoms with Crippen molar-refractivity contribution in [1.82, 2.24) is 4.98 Å². The predicted octanol–water partition coefficient (Wildman–Crippen LogP) is 2.39. The average molecular weight is 355 g/mol. The van der Waals surface area contributed by atoms with E-state index >= 15 is 0 Å². The van der Waals surface area contributed by atoms with Crippen LogP contribution < -0.4 is 14.8 Å². The van der Waals surface area contributed by atoms with Crippen LogP contribution in [0.25, 0.3) is 0 Å². The second-order valence-corrected chi connectivity index (χ2v) is 7.71. The van der Waals surface area contributed by atoms with E-state index in [1.807, 2.05) is 13.0 Å². The Morgan fingerprint density at radius 3 is 2.61 bits per heavy atom. The molecule has 2 rings (SSSR count). The van der Waals surface area contributed by atoms with E-state index in [2.05, 4.69) is 15.0 Å². The molecule has 2 N–H and O–H groups in total. The summed E-state index contributed by atoms with van der Waals surface area (Å²) in [5.74, 6) is 0.172. The lowest BCUT2D eigenvalue weighted by molar-refractivity contribution is 0.102. The fourth-order valence-corrected chi connectivity index (χ4v) is 3.60. The molecule has 7 nitrogen and oxygen atoms in total. The third-order valence-electron chi connectivity index (χ3n) is 2.88. The second-order valence-electron chi connectivity index (χ2n) is 4.97. The van der Waals surface area contributed by atoms with Crippen molar-refractivity contribution in [3.05, 3.63) is 34.3 Å². The molecule has 9 heteroatoms. The zero-order valence-electron chi connectivity index (χ0n) is 13.1. The highest BCUT2D eigenvalue weighted by Gasteiger charge is 2.18. The van der Waals surface area contributed by atoms with Crippen LogP contribution in [0.4, 0.5) is 10.8 Å². The first-order valence-electron chi connectivity index (χ1n) is 6.61. The van der Waals surface area contributed by atoms with Crippen LogP contribution in [0.1, 0.15) is 20.9 Å². The van der Waals surface area contributed by atoms with Crippen molar-refractivity contribution < 1.29 is 17.9 Å². The standard InChI is InChI=1S/C14H17N3O4S2/c1-8-5-6-11(21-3)10(7-8)16-13(18)12-9(2)15-14(22-12)17-23(4,19)20/h5-7H,1-4H3,(H,15,17)(H,16,18). The normalized spacial score (nSPS) is 11.1. The van der Waals surface area contributed by atoms with E-state index < -0.39 is 10.0 Å². The molecule has 1 heterocycles. The molecule has 0 aliphatic carbocycles. The molecule has 1 aromatic carbocycles. The van der Waals surface area contributed by atoms with E-state index in [1.54, 1.807) is 19.1 Å². The summed E-state index contributed by atoms with van der Waals surface area (Å²) in [5.41, 5.74) is 1.97. The third kappa shape index (κ3) is 4.42. The smallest absolute Gasteiger partial charge is 0.267 e. The molecule has 0 atom stereocenters. The number of carbonyl (C=O) groups is 1. The second kappa shape index (κ2) is 6.55. The number of amides is 1. The Labute approximate surface area is 138 Å². The van der Waals surface area contributed by atoms with Gasteiger partial charge in [0.25, 0.3) is 5.91 Å². The lowest BCUT2D eigenvalue weighted by Crippen LogP contribution is -2.12. The van der Waals surface area contributed by atoms with E-state index in [-0.39, 0.29) is 11.0 Å². The summed E-state index contributed by atoms with van der Waals surface area (Å²) >= 11 is 0.977. The van der Waals surface area contributed by atoms with Gasteiger partial charge in [-0.15, -0.1) is 0 Å². The number of hydrogen-bond donors (Lipinski definition) is 2. The van der Waals surface area contributed by atoms with Crippen molar-refractivity contribution in [2.45, 2.75) is 13.8 Å². The Morgan fingerprint density at radius 2 is 2.00 bits per heavy atom. The first kappa shape index (κ1) is 17.2. The minimum Gasteiger partial charge on any atom is -0.495 e. The van der Waals surface area contributed by atoms with Crippen LogP contribution in [-0.4, -0.2) is 32.7 Å². The molecule has 1 aromatic heterocycles. The quantitative estimate of drug-likeness (QED) is 0.858. The number of carbonyl (C=O) groups excluding carboxylic acids is 1. The molecule has 2 aromatic rings. The molecule has 0 radical (unpaired) electrons. The van der Waals surface area contributed by atoms with Crippen LogP contribution in [0, 0.1) is 13.8 Å². The van der Waals surface area contributed by atoms with Crippen LogP contribution in [0.2, 0.25) is 0 Å². The molecular formula is C14H17N3O4S2. The predicted molar refractivity (Wildman–Crippen MR) is 91.0 cm³/mol. The van der Waals surface area contributed by atoms with Crippen LogP contribution in [0.5, 0.6) is 5.75 Å². The molecule has 124 valence electrons. The minimum atomic E-state index is -3.44. The summed E-state index contributed by atoms with van der Waals surface area (Å²) in [5, 5.41) is 2.92. The van der Waals surface area contributed by atoms with Crippen molar-refractivity contribution in [2.24, 2.45) is 0 Å². The van der Waals surface area contributed by atoms with Gasteiger partial charge in [0.2, 0.25) is 10.0 Å². The zero-order valence-corrected chi connectivity index (χ0v) is 14.8. The molecule has 0 fully saturated rings. The topological polar surface area (TPSA) is 97.4 Å². The number of anilines is 2. The molecule has 0 unspecified atom stereocenters. The van der Waals surface area contributed by atoms with Gasteiger partial charge in [-0.25, -0.2) is 13.4 Å². The molecule has 0 aliphatic rings. The van der Waals surface area contributed by atoms with Gasteiger partial charge in [0.1, 0.15) is 10.6 Å². The summed E-state index contributed by atoms with van der Waals surface area (Å²) in [6.45, 7) is 3.55. The molecule has 0 saturated heterocycles. The van der Waals surface area contributed by atoms with E-state index in [4.69, 9.17) is 4.74 Å². The van der Waals surface area contributed by atoms with E-state index in [9.17, 15) is 13.2 Å². The Bertz CT molecular complexity index is 844. The number of methoxy groups -OCH3 is 1. The molecule has 0 bridgehead atoms. The number of hydrogen-bond acceptors (Lipinski definition) is 6. The molecule has 23 heavy (non-hydrogen) atoms. The highest BCUT2D eigenvalue weighted by Crippen LogP contribution is 2.28. The van der Waals surface area contributed by atoms with Gasteiger partial charge in [0.05, 0.1) is 24.7 Å². The van der Waals surface area contributed by atoms with Crippen LogP contribution in [0.15, 0.2) is 18.2 Å². The van der Waals surface area contributed by atoms with Crippen LogP contribution in [0.3, 0.4) is 0 Å². The fraction of sp³-hybridized carbons (Fsp3) is 0.286. The SMILES string of the molecule is COc1ccc(C)cc1NC(=O)c1sc(NS(C)(=O)=O)nc1C. The maximum Gasteiger partial charge on any atom is 0.267 e. The number of benzene rings is 1. The highest BCUT2D eigenvalue weighted by molar-refractivity contribution is 7.92. The summed E-state index contributed by atoms with van der Waals surface area (Å²) in [7, 11) is -1.92. The molecular weight excluding hydrogens is 338 g/mol. The number of rotatable bonds is 5. The van der Waals surface area contributed by atoms with Crippen LogP contribution >= 0.6 is 11.3 Å². The monoisotopic (exact) mass is 355 g/mol. The van der Waals surface area contributed by atoms with Crippen LogP contribution in [-0.2, 0) is 10.0 Å². The summed E-state index contributed by atoms with van der Waals surface area (Å²) in [6.07, 6.45) is 1.03. The van der Waals surface area contributed by atoms with Crippen molar-refractivity contribution in [3.8, 4) is 5.75 Å². The first-order valence-corrected chi connectivity index (χ1v) is 9.31. The number of aromatic nitrogens is 1. The molecule has 0 spiro atoms. The van der Waals surface area contributed by atoms with Gasteiger partial charge < -0.3 is 10.1 Å². The third-order valence-corrected chi connectivity index (χ3v) is 4.64. The number of thiazole rings is 1. The Kier molecular flexibility index (Phi) is 4.90. The Morgan fingerprint density at radius 1 is 1.30 bits per heavy atom. The molecule has 0 aliphatic heterocycles. The van der Waals surface area contributed by atoms with E-state index in [1.165, 1.54) is 7.11 Å². The maximum absolute atomic E-state index is 12.4. The fourth-order valence-electron chi connectivity index (χ4n) is 1.91. The Hall–Kier alpha value is -2.13. The molecule has 1 amide bonds. The molecule has 0 saturated carbocycles. The maximum atomic E-state index is 12.4. The van der Waals surface area contributed by atoms with Gasteiger partial charge in [-0.3, -0.25) is 9.52 Å². The van der Waals surface area contributed by atoms with Gasteiger partial charge in [-0.05, 0) is 31.5 Å². The summed E-state index contributed by atoms with van der Waals surface area (Å²) in [6, 6.07) is 5.43. The van der Waals surface area contributed by atoms with E-state index in [0.717, 1.165) is 23.2 Å². The van der Waals surface area contributed by atoms with E-state index in [0.29, 0.717) is 22.0 Å². The zero-order chi connectivity index (χ0) is 17.2. The Balaban J connectivity index is 2.26. The largest absolute Gasteiger partial charge is 0.495 e.